The fourth-order valence-corrected chi connectivity index (χ4v) is 3.42. The molecule has 4 rings (SSSR count). The first kappa shape index (κ1) is 17.6. The van der Waals surface area contributed by atoms with Gasteiger partial charge in [0.1, 0.15) is 17.3 Å². The minimum atomic E-state index is 0.524. The van der Waals surface area contributed by atoms with Crippen LogP contribution < -0.4 is 9.64 Å². The lowest BCUT2D eigenvalue weighted by Crippen LogP contribution is -2.46. The van der Waals surface area contributed by atoms with Crippen LogP contribution in [0.5, 0.6) is 5.75 Å². The van der Waals surface area contributed by atoms with Gasteiger partial charge in [-0.3, -0.25) is 4.90 Å². The van der Waals surface area contributed by atoms with Crippen LogP contribution in [0.3, 0.4) is 0 Å². The van der Waals surface area contributed by atoms with Crippen molar-refractivity contribution in [1.82, 2.24) is 15.1 Å². The third-order valence-electron chi connectivity index (χ3n) is 4.91. The smallest absolute Gasteiger partial charge is 0.251 e. The molecule has 0 unspecified atom stereocenters. The largest absolute Gasteiger partial charge is 0.497 e. The number of ether oxygens (including phenoxy) is 1. The summed E-state index contributed by atoms with van der Waals surface area (Å²) in [5, 5.41) is 8.39. The summed E-state index contributed by atoms with van der Waals surface area (Å²) in [5.41, 5.74) is 2.09. The van der Waals surface area contributed by atoms with Gasteiger partial charge in [0.2, 0.25) is 5.89 Å². The first-order valence-corrected chi connectivity index (χ1v) is 9.13. The second kappa shape index (κ2) is 7.44. The van der Waals surface area contributed by atoms with Crippen LogP contribution in [0.2, 0.25) is 0 Å². The number of methoxy groups -OCH3 is 1. The normalized spacial score (nSPS) is 15.3. The van der Waals surface area contributed by atoms with Gasteiger partial charge in [-0.2, -0.15) is 0 Å². The molecule has 0 N–H and O–H groups in total. The number of nitrogens with zero attached hydrogens (tertiary/aromatic N) is 4. The molecular formula is C20H24N4O3. The maximum absolute atomic E-state index is 5.85. The third kappa shape index (κ3) is 3.83. The highest BCUT2D eigenvalue weighted by Gasteiger charge is 2.20. The number of benzene rings is 1. The fourth-order valence-electron chi connectivity index (χ4n) is 3.42. The first-order chi connectivity index (χ1) is 13.1. The van der Waals surface area contributed by atoms with E-state index in [1.807, 2.05) is 32.0 Å². The summed E-state index contributed by atoms with van der Waals surface area (Å²) in [6, 6.07) is 10.1. The van der Waals surface area contributed by atoms with Crippen LogP contribution >= 0.6 is 0 Å². The molecule has 1 aromatic carbocycles. The number of anilines is 1. The Morgan fingerprint density at radius 1 is 1.00 bits per heavy atom. The number of rotatable bonds is 5. The van der Waals surface area contributed by atoms with Crippen molar-refractivity contribution in [2.45, 2.75) is 20.4 Å². The number of furan rings is 1. The van der Waals surface area contributed by atoms with Crippen molar-refractivity contribution in [2.75, 3.05) is 38.2 Å². The van der Waals surface area contributed by atoms with Crippen LogP contribution in [0.4, 0.5) is 5.69 Å². The molecule has 142 valence electrons. The van der Waals surface area contributed by atoms with Crippen molar-refractivity contribution >= 4 is 5.69 Å². The highest BCUT2D eigenvalue weighted by atomic mass is 16.5. The standard InChI is InChI=1S/C20H24N4O3/c1-14-12-18(15(2)26-14)20-22-21-19(27-20)13-23-8-10-24(11-9-23)16-4-6-17(25-3)7-5-16/h4-7,12H,8-11,13H2,1-3H3. The average molecular weight is 368 g/mol. The van der Waals surface area contributed by atoms with Crippen LogP contribution in [0.1, 0.15) is 17.4 Å². The average Bonchev–Trinajstić information content (AvgIpc) is 3.28. The van der Waals surface area contributed by atoms with Gasteiger partial charge in [0.05, 0.1) is 19.2 Å². The lowest BCUT2D eigenvalue weighted by molar-refractivity contribution is 0.227. The Morgan fingerprint density at radius 3 is 2.37 bits per heavy atom. The molecule has 3 heterocycles. The van der Waals surface area contributed by atoms with Gasteiger partial charge in [0.15, 0.2) is 0 Å². The predicted molar refractivity (Wildman–Crippen MR) is 102 cm³/mol. The lowest BCUT2D eigenvalue weighted by Gasteiger charge is -2.35. The molecule has 0 amide bonds. The summed E-state index contributed by atoms with van der Waals surface area (Å²) >= 11 is 0. The Hall–Kier alpha value is -2.80. The molecule has 0 bridgehead atoms. The molecule has 0 saturated carbocycles. The monoisotopic (exact) mass is 368 g/mol. The molecule has 1 aliphatic heterocycles. The van der Waals surface area contributed by atoms with Crippen molar-refractivity contribution in [3.8, 4) is 17.2 Å². The number of aromatic nitrogens is 2. The Labute approximate surface area is 158 Å². The second-order valence-electron chi connectivity index (χ2n) is 6.79. The van der Waals surface area contributed by atoms with Gasteiger partial charge in [-0.1, -0.05) is 0 Å². The Balaban J connectivity index is 1.35. The maximum atomic E-state index is 5.85. The van der Waals surface area contributed by atoms with Gasteiger partial charge in [0.25, 0.3) is 5.89 Å². The van der Waals surface area contributed by atoms with Crippen LogP contribution in [0.15, 0.2) is 39.2 Å². The summed E-state index contributed by atoms with van der Waals surface area (Å²) in [5.74, 6) is 3.69. The molecule has 0 aliphatic carbocycles. The second-order valence-corrected chi connectivity index (χ2v) is 6.79. The molecule has 2 aromatic heterocycles. The number of hydrogen-bond donors (Lipinski definition) is 0. The topological polar surface area (TPSA) is 67.8 Å². The zero-order valence-electron chi connectivity index (χ0n) is 15.9. The van der Waals surface area contributed by atoms with Crippen molar-refractivity contribution in [3.05, 3.63) is 47.7 Å². The van der Waals surface area contributed by atoms with Crippen LogP contribution in [-0.4, -0.2) is 48.4 Å². The van der Waals surface area contributed by atoms with E-state index in [9.17, 15) is 0 Å². The zero-order valence-corrected chi connectivity index (χ0v) is 15.9. The van der Waals surface area contributed by atoms with Gasteiger partial charge in [-0.05, 0) is 44.2 Å². The quantitative estimate of drug-likeness (QED) is 0.684. The molecule has 7 nitrogen and oxygen atoms in total. The molecule has 1 fully saturated rings. The van der Waals surface area contributed by atoms with E-state index < -0.39 is 0 Å². The van der Waals surface area contributed by atoms with Crippen molar-refractivity contribution < 1.29 is 13.6 Å². The highest BCUT2D eigenvalue weighted by Crippen LogP contribution is 2.26. The van der Waals surface area contributed by atoms with E-state index in [0.717, 1.165) is 49.0 Å². The summed E-state index contributed by atoms with van der Waals surface area (Å²) in [4.78, 5) is 4.72. The molecule has 0 spiro atoms. The number of hydrogen-bond acceptors (Lipinski definition) is 7. The molecule has 1 saturated heterocycles. The molecular weight excluding hydrogens is 344 g/mol. The maximum Gasteiger partial charge on any atom is 0.251 e. The zero-order chi connectivity index (χ0) is 18.8. The van der Waals surface area contributed by atoms with Crippen LogP contribution in [0.25, 0.3) is 11.5 Å². The van der Waals surface area contributed by atoms with Gasteiger partial charge in [0, 0.05) is 31.9 Å². The Kier molecular flexibility index (Phi) is 4.85. The van der Waals surface area contributed by atoms with E-state index in [-0.39, 0.29) is 0 Å². The Morgan fingerprint density at radius 2 is 1.74 bits per heavy atom. The van der Waals surface area contributed by atoms with Gasteiger partial charge >= 0.3 is 0 Å². The summed E-state index contributed by atoms with van der Waals surface area (Å²) in [6.07, 6.45) is 0. The number of aryl methyl sites for hydroxylation is 2. The van der Waals surface area contributed by atoms with Crippen molar-refractivity contribution in [3.63, 3.8) is 0 Å². The van der Waals surface area contributed by atoms with E-state index in [1.165, 1.54) is 5.69 Å². The number of piperazine rings is 1. The van der Waals surface area contributed by atoms with E-state index in [2.05, 4.69) is 32.1 Å². The molecule has 0 atom stereocenters. The SMILES string of the molecule is COc1ccc(N2CCN(Cc3nnc(-c4cc(C)oc4C)o3)CC2)cc1. The van der Waals surface area contributed by atoms with E-state index in [1.54, 1.807) is 7.11 Å². The fraction of sp³-hybridized carbons (Fsp3) is 0.400. The molecule has 1 aliphatic rings. The summed E-state index contributed by atoms with van der Waals surface area (Å²) in [6.45, 7) is 8.32. The third-order valence-corrected chi connectivity index (χ3v) is 4.91. The van der Waals surface area contributed by atoms with E-state index >= 15 is 0 Å². The van der Waals surface area contributed by atoms with Crippen molar-refractivity contribution in [1.29, 1.82) is 0 Å². The summed E-state index contributed by atoms with van der Waals surface area (Å²) in [7, 11) is 1.69. The predicted octanol–water partition coefficient (Wildman–Crippen LogP) is 3.28. The minimum Gasteiger partial charge on any atom is -0.497 e. The highest BCUT2D eigenvalue weighted by molar-refractivity contribution is 5.55. The molecule has 0 radical (unpaired) electrons. The van der Waals surface area contributed by atoms with Crippen LogP contribution in [-0.2, 0) is 6.54 Å². The van der Waals surface area contributed by atoms with E-state index in [0.29, 0.717) is 18.3 Å². The molecule has 7 heteroatoms. The summed E-state index contributed by atoms with van der Waals surface area (Å²) < 4.78 is 16.6. The lowest BCUT2D eigenvalue weighted by atomic mass is 10.2. The minimum absolute atomic E-state index is 0.524. The molecule has 27 heavy (non-hydrogen) atoms. The molecule has 3 aromatic rings. The Bertz CT molecular complexity index is 892. The van der Waals surface area contributed by atoms with Crippen molar-refractivity contribution in [2.24, 2.45) is 0 Å². The van der Waals surface area contributed by atoms with Gasteiger partial charge in [-0.15, -0.1) is 10.2 Å². The first-order valence-electron chi connectivity index (χ1n) is 9.13. The van der Waals surface area contributed by atoms with Crippen LogP contribution in [0, 0.1) is 13.8 Å². The van der Waals surface area contributed by atoms with E-state index in [4.69, 9.17) is 13.6 Å². The van der Waals surface area contributed by atoms with Gasteiger partial charge in [-0.25, -0.2) is 0 Å². The van der Waals surface area contributed by atoms with Gasteiger partial charge < -0.3 is 18.5 Å².